The number of H-pyrrole nitrogens is 1. The van der Waals surface area contributed by atoms with Crippen molar-refractivity contribution in [3.8, 4) is 0 Å². The highest BCUT2D eigenvalue weighted by atomic mass is 32.2. The van der Waals surface area contributed by atoms with Crippen molar-refractivity contribution < 1.29 is 4.79 Å². The fraction of sp³-hybridized carbons (Fsp3) is 0.667. The van der Waals surface area contributed by atoms with Crippen LogP contribution >= 0.6 is 11.8 Å². The Hall–Kier alpha value is -1.01. The van der Waals surface area contributed by atoms with E-state index in [9.17, 15) is 4.79 Å². The number of amides is 1. The van der Waals surface area contributed by atoms with Gasteiger partial charge in [-0.05, 0) is 20.1 Å². The summed E-state index contributed by atoms with van der Waals surface area (Å²) in [6.07, 6.45) is 4.47. The molecule has 2 rings (SSSR count). The van der Waals surface area contributed by atoms with E-state index in [1.807, 2.05) is 25.0 Å². The van der Waals surface area contributed by atoms with Crippen molar-refractivity contribution in [3.05, 3.63) is 17.7 Å². The number of rotatable bonds is 3. The van der Waals surface area contributed by atoms with E-state index in [4.69, 9.17) is 5.73 Å². The van der Waals surface area contributed by atoms with Crippen molar-refractivity contribution in [2.75, 3.05) is 12.8 Å². The molecule has 1 aliphatic heterocycles. The zero-order valence-corrected chi connectivity index (χ0v) is 11.9. The van der Waals surface area contributed by atoms with Crippen molar-refractivity contribution in [3.63, 3.8) is 0 Å². The minimum atomic E-state index is -0.475. The fourth-order valence-electron chi connectivity index (χ4n) is 2.02. The molecule has 0 radical (unpaired) electrons. The molecular formula is C12H20N4OS. The molecule has 0 spiro atoms. The van der Waals surface area contributed by atoms with Gasteiger partial charge in [-0.15, -0.1) is 0 Å². The third kappa shape index (κ3) is 2.40. The Morgan fingerprint density at radius 1 is 1.67 bits per heavy atom. The molecular weight excluding hydrogens is 248 g/mol. The van der Waals surface area contributed by atoms with Gasteiger partial charge in [0.2, 0.25) is 5.91 Å². The molecule has 5 nitrogen and oxygen atoms in total. The van der Waals surface area contributed by atoms with Gasteiger partial charge >= 0.3 is 0 Å². The smallest absolute Gasteiger partial charge is 0.241 e. The lowest BCUT2D eigenvalue weighted by Crippen LogP contribution is -2.54. The molecule has 1 aromatic rings. The van der Waals surface area contributed by atoms with Gasteiger partial charge in [0.15, 0.2) is 0 Å². The molecule has 6 heteroatoms. The summed E-state index contributed by atoms with van der Waals surface area (Å²) in [7, 11) is 0. The topological polar surface area (TPSA) is 75.0 Å². The Labute approximate surface area is 112 Å². The first-order valence-corrected chi connectivity index (χ1v) is 7.29. The number of aromatic amines is 1. The Balaban J connectivity index is 2.08. The summed E-state index contributed by atoms with van der Waals surface area (Å²) in [5.41, 5.74) is 8.19. The maximum absolute atomic E-state index is 12.4. The first kappa shape index (κ1) is 13.4. The Kier molecular flexibility index (Phi) is 3.68. The second-order valence-electron chi connectivity index (χ2n) is 5.12. The Morgan fingerprint density at radius 3 is 3.06 bits per heavy atom. The predicted molar refractivity (Wildman–Crippen MR) is 73.3 cm³/mol. The first-order valence-electron chi connectivity index (χ1n) is 6.06. The van der Waals surface area contributed by atoms with Gasteiger partial charge in [0.05, 0.1) is 30.3 Å². The van der Waals surface area contributed by atoms with Gasteiger partial charge in [-0.25, -0.2) is 4.98 Å². The maximum atomic E-state index is 12.4. The highest BCUT2D eigenvalue weighted by Crippen LogP contribution is 2.26. The van der Waals surface area contributed by atoms with E-state index in [0.29, 0.717) is 13.1 Å². The predicted octanol–water partition coefficient (Wildman–Crippen LogP) is 0.763. The van der Waals surface area contributed by atoms with Crippen LogP contribution in [0.4, 0.5) is 0 Å². The molecule has 0 unspecified atom stereocenters. The van der Waals surface area contributed by atoms with Crippen LogP contribution in [0.1, 0.15) is 25.2 Å². The van der Waals surface area contributed by atoms with Crippen LogP contribution in [0.15, 0.2) is 6.33 Å². The minimum absolute atomic E-state index is 0.0228. The van der Waals surface area contributed by atoms with Gasteiger partial charge in [0.1, 0.15) is 0 Å². The van der Waals surface area contributed by atoms with Crippen LogP contribution in [-0.4, -0.2) is 44.4 Å². The van der Waals surface area contributed by atoms with E-state index >= 15 is 0 Å². The average Bonchev–Trinajstić information content (AvgIpc) is 2.84. The lowest BCUT2D eigenvalue weighted by Gasteiger charge is -2.34. The number of imidazole rings is 1. The van der Waals surface area contributed by atoms with E-state index in [1.54, 1.807) is 18.1 Å². The van der Waals surface area contributed by atoms with E-state index in [0.717, 1.165) is 17.8 Å². The summed E-state index contributed by atoms with van der Waals surface area (Å²) in [6, 6.07) is -0.475. The molecule has 0 aromatic carbocycles. The molecule has 0 fully saturated rings. The fourth-order valence-corrected chi connectivity index (χ4v) is 2.38. The normalized spacial score (nSPS) is 17.4. The number of aromatic nitrogens is 2. The molecule has 3 N–H and O–H groups in total. The van der Waals surface area contributed by atoms with Gasteiger partial charge in [-0.2, -0.15) is 11.8 Å². The van der Waals surface area contributed by atoms with Crippen LogP contribution in [-0.2, 0) is 17.8 Å². The number of carbonyl (C=O) groups is 1. The van der Waals surface area contributed by atoms with E-state index in [2.05, 4.69) is 9.97 Å². The van der Waals surface area contributed by atoms with Crippen LogP contribution in [0, 0.1) is 0 Å². The van der Waals surface area contributed by atoms with Crippen molar-refractivity contribution in [2.24, 2.45) is 5.73 Å². The summed E-state index contributed by atoms with van der Waals surface area (Å²) in [4.78, 5) is 21.5. The van der Waals surface area contributed by atoms with Crippen LogP contribution in [0.25, 0.3) is 0 Å². The highest BCUT2D eigenvalue weighted by Gasteiger charge is 2.35. The zero-order valence-electron chi connectivity index (χ0n) is 11.1. The third-order valence-corrected chi connectivity index (χ3v) is 4.93. The third-order valence-electron chi connectivity index (χ3n) is 3.63. The molecule has 1 amide bonds. The standard InChI is InChI=1S/C12H20N4OS/c1-12(2,18-3)10(13)11(17)16-5-4-8-9(6-16)15-7-14-8/h7,10H,4-6,13H2,1-3H3,(H,14,15)/t10-/m1/s1. The van der Waals surface area contributed by atoms with Crippen LogP contribution in [0.2, 0.25) is 0 Å². The number of nitrogens with one attached hydrogen (secondary N) is 1. The molecule has 0 saturated carbocycles. The molecule has 0 saturated heterocycles. The molecule has 1 aromatic heterocycles. The molecule has 1 aliphatic rings. The number of nitrogens with two attached hydrogens (primary N) is 1. The molecule has 0 bridgehead atoms. The summed E-state index contributed by atoms with van der Waals surface area (Å²) >= 11 is 1.62. The quantitative estimate of drug-likeness (QED) is 0.849. The average molecular weight is 268 g/mol. The first-order chi connectivity index (χ1) is 8.45. The Morgan fingerprint density at radius 2 is 2.39 bits per heavy atom. The van der Waals surface area contributed by atoms with Crippen molar-refractivity contribution in [2.45, 2.75) is 37.6 Å². The summed E-state index contributed by atoms with van der Waals surface area (Å²) in [5, 5.41) is 0. The molecule has 1 atom stereocenters. The van der Waals surface area contributed by atoms with E-state index < -0.39 is 6.04 Å². The summed E-state index contributed by atoms with van der Waals surface area (Å²) < 4.78 is -0.245. The number of nitrogens with zero attached hydrogens (tertiary/aromatic N) is 2. The van der Waals surface area contributed by atoms with Crippen molar-refractivity contribution in [1.29, 1.82) is 0 Å². The van der Waals surface area contributed by atoms with E-state index in [-0.39, 0.29) is 10.7 Å². The van der Waals surface area contributed by atoms with Crippen LogP contribution in [0.3, 0.4) is 0 Å². The highest BCUT2D eigenvalue weighted by molar-refractivity contribution is 8.00. The molecule has 2 heterocycles. The number of hydrogen-bond donors (Lipinski definition) is 2. The second kappa shape index (κ2) is 4.93. The zero-order chi connectivity index (χ0) is 13.3. The summed E-state index contributed by atoms with van der Waals surface area (Å²) in [6.45, 7) is 5.30. The number of carbonyl (C=O) groups excluding carboxylic acids is 1. The number of hydrogen-bond acceptors (Lipinski definition) is 4. The SMILES string of the molecule is CSC(C)(C)[C@H](N)C(=O)N1CCc2nc[nH]c2C1. The molecule has 18 heavy (non-hydrogen) atoms. The monoisotopic (exact) mass is 268 g/mol. The van der Waals surface area contributed by atoms with E-state index in [1.165, 1.54) is 0 Å². The largest absolute Gasteiger partial charge is 0.347 e. The van der Waals surface area contributed by atoms with Gasteiger partial charge in [0, 0.05) is 17.7 Å². The van der Waals surface area contributed by atoms with Crippen LogP contribution in [0.5, 0.6) is 0 Å². The molecule has 0 aliphatic carbocycles. The van der Waals surface area contributed by atoms with Gasteiger partial charge < -0.3 is 15.6 Å². The minimum Gasteiger partial charge on any atom is -0.347 e. The van der Waals surface area contributed by atoms with Gasteiger partial charge in [-0.1, -0.05) is 0 Å². The second-order valence-corrected chi connectivity index (χ2v) is 6.58. The number of thioether (sulfide) groups is 1. The van der Waals surface area contributed by atoms with Gasteiger partial charge in [0.25, 0.3) is 0 Å². The van der Waals surface area contributed by atoms with Crippen molar-refractivity contribution in [1.82, 2.24) is 14.9 Å². The lowest BCUT2D eigenvalue weighted by molar-refractivity contribution is -0.134. The van der Waals surface area contributed by atoms with Crippen LogP contribution < -0.4 is 5.73 Å². The molecule has 100 valence electrons. The number of fused-ring (bicyclic) bond motifs is 1. The lowest BCUT2D eigenvalue weighted by atomic mass is 10.0. The van der Waals surface area contributed by atoms with Gasteiger partial charge in [-0.3, -0.25) is 4.79 Å². The Bertz CT molecular complexity index is 443. The van der Waals surface area contributed by atoms with Crippen molar-refractivity contribution >= 4 is 17.7 Å². The maximum Gasteiger partial charge on any atom is 0.241 e. The summed E-state index contributed by atoms with van der Waals surface area (Å²) in [5.74, 6) is 0.0228.